The van der Waals surface area contributed by atoms with E-state index in [4.69, 9.17) is 11.2 Å². The fourth-order valence-electron chi connectivity index (χ4n) is 1.19. The van der Waals surface area contributed by atoms with Crippen LogP contribution in [0.2, 0.25) is 0 Å². The zero-order chi connectivity index (χ0) is 13.1. The van der Waals surface area contributed by atoms with Gasteiger partial charge in [0.25, 0.3) is 5.91 Å². The SMILES string of the molecule is C#CC(C)(C)NC(=O)c1ccc(F)c(OC)c1. The average Bonchev–Trinajstić information content (AvgIpc) is 2.29. The molecule has 1 rings (SSSR count). The Balaban J connectivity index is 2.95. The molecule has 1 aromatic carbocycles. The molecule has 4 heteroatoms. The quantitative estimate of drug-likeness (QED) is 0.813. The number of halogens is 1. The number of nitrogens with one attached hydrogen (secondary N) is 1. The smallest absolute Gasteiger partial charge is 0.252 e. The summed E-state index contributed by atoms with van der Waals surface area (Å²) in [5.74, 6) is 1.59. The summed E-state index contributed by atoms with van der Waals surface area (Å²) in [6, 6.07) is 3.88. The summed E-state index contributed by atoms with van der Waals surface area (Å²) < 4.78 is 17.9. The van der Waals surface area contributed by atoms with E-state index in [9.17, 15) is 9.18 Å². The van der Waals surface area contributed by atoms with Crippen molar-refractivity contribution in [3.63, 3.8) is 0 Å². The lowest BCUT2D eigenvalue weighted by molar-refractivity contribution is 0.0929. The molecule has 17 heavy (non-hydrogen) atoms. The van der Waals surface area contributed by atoms with Crippen LogP contribution in [0.4, 0.5) is 4.39 Å². The Morgan fingerprint density at radius 1 is 1.53 bits per heavy atom. The van der Waals surface area contributed by atoms with Crippen molar-refractivity contribution in [1.82, 2.24) is 5.32 Å². The highest BCUT2D eigenvalue weighted by Gasteiger charge is 2.18. The lowest BCUT2D eigenvalue weighted by atomic mass is 10.1. The van der Waals surface area contributed by atoms with Crippen molar-refractivity contribution in [2.75, 3.05) is 7.11 Å². The Morgan fingerprint density at radius 2 is 2.18 bits per heavy atom. The number of ether oxygens (including phenoxy) is 1. The molecule has 1 aromatic rings. The standard InChI is InChI=1S/C13H14FNO2/c1-5-13(2,3)15-12(16)9-6-7-10(14)11(8-9)17-4/h1,6-8H,2-4H3,(H,15,16). The third-order valence-electron chi connectivity index (χ3n) is 2.20. The van der Waals surface area contributed by atoms with Crippen LogP contribution in [0, 0.1) is 18.2 Å². The maximum Gasteiger partial charge on any atom is 0.252 e. The Labute approximate surface area is 100.0 Å². The number of hydrogen-bond acceptors (Lipinski definition) is 2. The molecule has 0 aliphatic rings. The van der Waals surface area contributed by atoms with E-state index in [0.29, 0.717) is 5.56 Å². The van der Waals surface area contributed by atoms with E-state index in [1.807, 2.05) is 0 Å². The van der Waals surface area contributed by atoms with Gasteiger partial charge >= 0.3 is 0 Å². The van der Waals surface area contributed by atoms with Gasteiger partial charge in [-0.3, -0.25) is 4.79 Å². The van der Waals surface area contributed by atoms with Crippen LogP contribution in [-0.2, 0) is 0 Å². The molecule has 0 bridgehead atoms. The molecular weight excluding hydrogens is 221 g/mol. The van der Waals surface area contributed by atoms with Gasteiger partial charge in [0.15, 0.2) is 11.6 Å². The predicted octanol–water partition coefficient (Wildman–Crippen LogP) is 1.98. The van der Waals surface area contributed by atoms with Crippen LogP contribution in [-0.4, -0.2) is 18.6 Å². The van der Waals surface area contributed by atoms with Crippen LogP contribution in [0.1, 0.15) is 24.2 Å². The third kappa shape index (κ3) is 3.22. The fourth-order valence-corrected chi connectivity index (χ4v) is 1.19. The number of hydrogen-bond donors (Lipinski definition) is 1. The minimum absolute atomic E-state index is 0.0242. The van der Waals surface area contributed by atoms with Crippen molar-refractivity contribution in [3.05, 3.63) is 29.6 Å². The zero-order valence-corrected chi connectivity index (χ0v) is 10.0. The van der Waals surface area contributed by atoms with Crippen molar-refractivity contribution in [1.29, 1.82) is 0 Å². The van der Waals surface area contributed by atoms with Crippen LogP contribution in [0.5, 0.6) is 5.75 Å². The molecule has 1 N–H and O–H groups in total. The van der Waals surface area contributed by atoms with Crippen LogP contribution >= 0.6 is 0 Å². The average molecular weight is 235 g/mol. The second-order valence-electron chi connectivity index (χ2n) is 4.07. The molecule has 0 aliphatic heterocycles. The number of rotatable bonds is 3. The monoisotopic (exact) mass is 235 g/mol. The number of carbonyl (C=O) groups is 1. The second-order valence-corrected chi connectivity index (χ2v) is 4.07. The lowest BCUT2D eigenvalue weighted by Gasteiger charge is -2.19. The fraction of sp³-hybridized carbons (Fsp3) is 0.308. The van der Waals surface area contributed by atoms with E-state index >= 15 is 0 Å². The van der Waals surface area contributed by atoms with Gasteiger partial charge in [-0.15, -0.1) is 6.42 Å². The van der Waals surface area contributed by atoms with Gasteiger partial charge in [-0.1, -0.05) is 5.92 Å². The number of methoxy groups -OCH3 is 1. The molecule has 0 saturated heterocycles. The predicted molar refractivity (Wildman–Crippen MR) is 63.3 cm³/mol. The van der Waals surface area contributed by atoms with Crippen LogP contribution in [0.15, 0.2) is 18.2 Å². The summed E-state index contributed by atoms with van der Waals surface area (Å²) in [5.41, 5.74) is -0.454. The first kappa shape index (κ1) is 13.0. The topological polar surface area (TPSA) is 38.3 Å². The lowest BCUT2D eigenvalue weighted by Crippen LogP contribution is -2.42. The molecule has 0 fully saturated rings. The van der Waals surface area contributed by atoms with Crippen molar-refractivity contribution < 1.29 is 13.9 Å². The minimum atomic E-state index is -0.751. The molecule has 0 aliphatic carbocycles. The second kappa shape index (κ2) is 4.88. The minimum Gasteiger partial charge on any atom is -0.494 e. The highest BCUT2D eigenvalue weighted by Crippen LogP contribution is 2.18. The third-order valence-corrected chi connectivity index (χ3v) is 2.20. The molecular formula is C13H14FNO2. The van der Waals surface area contributed by atoms with Gasteiger partial charge in [-0.25, -0.2) is 4.39 Å². The van der Waals surface area contributed by atoms with Gasteiger partial charge in [0, 0.05) is 5.56 Å². The first-order valence-corrected chi connectivity index (χ1v) is 5.03. The van der Waals surface area contributed by atoms with Crippen LogP contribution in [0.25, 0.3) is 0 Å². The molecule has 0 heterocycles. The van der Waals surface area contributed by atoms with Crippen molar-refractivity contribution in [2.24, 2.45) is 0 Å². The molecule has 1 amide bonds. The molecule has 0 unspecified atom stereocenters. The van der Waals surface area contributed by atoms with Crippen molar-refractivity contribution in [3.8, 4) is 18.1 Å². The number of amides is 1. The van der Waals surface area contributed by atoms with Gasteiger partial charge in [-0.2, -0.15) is 0 Å². The Morgan fingerprint density at radius 3 is 2.71 bits per heavy atom. The number of carbonyl (C=O) groups excluding carboxylic acids is 1. The summed E-state index contributed by atoms with van der Waals surface area (Å²) in [5, 5.41) is 2.64. The molecule has 0 radical (unpaired) electrons. The summed E-state index contributed by atoms with van der Waals surface area (Å²) in [7, 11) is 1.34. The maximum atomic E-state index is 13.1. The molecule has 0 spiro atoms. The Kier molecular flexibility index (Phi) is 3.74. The molecule has 0 atom stereocenters. The molecule has 3 nitrogen and oxygen atoms in total. The summed E-state index contributed by atoms with van der Waals surface area (Å²) >= 11 is 0. The van der Waals surface area contributed by atoms with E-state index in [2.05, 4.69) is 11.2 Å². The summed E-state index contributed by atoms with van der Waals surface area (Å²) in [4.78, 5) is 11.8. The summed E-state index contributed by atoms with van der Waals surface area (Å²) in [6.45, 7) is 3.40. The highest BCUT2D eigenvalue weighted by molar-refractivity contribution is 5.95. The van der Waals surface area contributed by atoms with Gasteiger partial charge < -0.3 is 10.1 Å². The number of benzene rings is 1. The largest absolute Gasteiger partial charge is 0.494 e. The Bertz CT molecular complexity index is 475. The molecule has 0 aromatic heterocycles. The molecule has 0 saturated carbocycles. The maximum absolute atomic E-state index is 13.1. The van der Waals surface area contributed by atoms with Gasteiger partial charge in [0.2, 0.25) is 0 Å². The normalized spacial score (nSPS) is 10.5. The first-order chi connectivity index (χ1) is 7.89. The van der Waals surface area contributed by atoms with E-state index in [0.717, 1.165) is 0 Å². The van der Waals surface area contributed by atoms with Crippen molar-refractivity contribution >= 4 is 5.91 Å². The van der Waals surface area contributed by atoms with E-state index < -0.39 is 11.4 Å². The first-order valence-electron chi connectivity index (χ1n) is 5.03. The Hall–Kier alpha value is -2.02. The van der Waals surface area contributed by atoms with E-state index in [1.165, 1.54) is 25.3 Å². The van der Waals surface area contributed by atoms with Crippen molar-refractivity contribution in [2.45, 2.75) is 19.4 Å². The number of terminal acetylenes is 1. The van der Waals surface area contributed by atoms with E-state index in [1.54, 1.807) is 13.8 Å². The summed E-state index contributed by atoms with van der Waals surface area (Å²) in [6.07, 6.45) is 5.26. The van der Waals surface area contributed by atoms with E-state index in [-0.39, 0.29) is 11.7 Å². The van der Waals surface area contributed by atoms with Crippen LogP contribution in [0.3, 0.4) is 0 Å². The molecule has 90 valence electrons. The van der Waals surface area contributed by atoms with Gasteiger partial charge in [-0.05, 0) is 32.0 Å². The zero-order valence-electron chi connectivity index (χ0n) is 10.0. The van der Waals surface area contributed by atoms with Crippen LogP contribution < -0.4 is 10.1 Å². The van der Waals surface area contributed by atoms with Gasteiger partial charge in [0.1, 0.15) is 0 Å². The van der Waals surface area contributed by atoms with Gasteiger partial charge in [0.05, 0.1) is 12.6 Å². The highest BCUT2D eigenvalue weighted by atomic mass is 19.1.